The quantitative estimate of drug-likeness (QED) is 0.671. The van der Waals surface area contributed by atoms with Crippen LogP contribution in [0.4, 0.5) is 0 Å². The summed E-state index contributed by atoms with van der Waals surface area (Å²) in [5.74, 6) is -2.98. The molecule has 2 N–H and O–H groups in total. The van der Waals surface area contributed by atoms with Crippen molar-refractivity contribution < 1.29 is 24.2 Å². The molecule has 1 aliphatic rings. The van der Waals surface area contributed by atoms with Gasteiger partial charge in [-0.2, -0.15) is 0 Å². The molecule has 17 heavy (non-hydrogen) atoms. The number of aliphatic carboxylic acids is 1. The topological polar surface area (TPSA) is 92.7 Å². The highest BCUT2D eigenvalue weighted by Gasteiger charge is 2.37. The maximum atomic E-state index is 11.7. The smallest absolute Gasteiger partial charge is 0.325 e. The number of ether oxygens (including phenoxy) is 1. The fraction of sp³-hybridized carbons (Fsp3) is 0.727. The molecule has 0 aromatic heterocycles. The summed E-state index contributed by atoms with van der Waals surface area (Å²) in [7, 11) is 0. The number of hydrogen-bond donors (Lipinski definition) is 2. The van der Waals surface area contributed by atoms with Crippen LogP contribution in [0.2, 0.25) is 0 Å². The van der Waals surface area contributed by atoms with Crippen LogP contribution in [0.25, 0.3) is 0 Å². The highest BCUT2D eigenvalue weighted by molar-refractivity contribution is 5.87. The van der Waals surface area contributed by atoms with E-state index in [2.05, 4.69) is 10.1 Å². The van der Waals surface area contributed by atoms with Crippen LogP contribution < -0.4 is 5.32 Å². The molecule has 0 bridgehead atoms. The van der Waals surface area contributed by atoms with E-state index in [1.807, 2.05) is 0 Å². The maximum absolute atomic E-state index is 11.7. The second-order valence-electron chi connectivity index (χ2n) is 4.00. The molecular formula is C11H17NO5. The molecule has 1 saturated carbocycles. The van der Waals surface area contributed by atoms with Crippen LogP contribution in [0.15, 0.2) is 0 Å². The lowest BCUT2D eigenvalue weighted by Crippen LogP contribution is -2.38. The number of carboxylic acid groups (broad SMARTS) is 1. The molecule has 0 aromatic carbocycles. The zero-order valence-electron chi connectivity index (χ0n) is 9.77. The van der Waals surface area contributed by atoms with Gasteiger partial charge in [0.25, 0.3) is 0 Å². The zero-order chi connectivity index (χ0) is 12.8. The van der Waals surface area contributed by atoms with Gasteiger partial charge in [-0.15, -0.1) is 0 Å². The average molecular weight is 243 g/mol. The minimum atomic E-state index is -0.946. The van der Waals surface area contributed by atoms with Gasteiger partial charge in [0.1, 0.15) is 6.54 Å². The van der Waals surface area contributed by atoms with E-state index in [0.29, 0.717) is 12.8 Å². The Kier molecular flexibility index (Phi) is 4.93. The molecule has 96 valence electrons. The van der Waals surface area contributed by atoms with E-state index in [1.165, 1.54) is 0 Å². The molecular weight excluding hydrogens is 226 g/mol. The SMILES string of the molecule is CCOC(=O)CNC(=O)[C@@H]1CCC[C@@H]1C(=O)O. The Morgan fingerprint density at radius 3 is 2.53 bits per heavy atom. The first-order valence-corrected chi connectivity index (χ1v) is 5.72. The summed E-state index contributed by atoms with van der Waals surface area (Å²) in [4.78, 5) is 33.6. The van der Waals surface area contributed by atoms with Crippen molar-refractivity contribution in [1.82, 2.24) is 5.32 Å². The van der Waals surface area contributed by atoms with E-state index in [0.717, 1.165) is 6.42 Å². The summed E-state index contributed by atoms with van der Waals surface area (Å²) in [6, 6.07) is 0. The Morgan fingerprint density at radius 1 is 1.29 bits per heavy atom. The highest BCUT2D eigenvalue weighted by Crippen LogP contribution is 2.31. The molecule has 1 rings (SSSR count). The van der Waals surface area contributed by atoms with E-state index in [9.17, 15) is 14.4 Å². The van der Waals surface area contributed by atoms with Crippen molar-refractivity contribution >= 4 is 17.8 Å². The Morgan fingerprint density at radius 2 is 1.94 bits per heavy atom. The van der Waals surface area contributed by atoms with Gasteiger partial charge in [0, 0.05) is 0 Å². The Hall–Kier alpha value is -1.59. The average Bonchev–Trinajstić information content (AvgIpc) is 2.75. The van der Waals surface area contributed by atoms with Crippen LogP contribution in [0.3, 0.4) is 0 Å². The molecule has 1 fully saturated rings. The van der Waals surface area contributed by atoms with Crippen LogP contribution in [0.1, 0.15) is 26.2 Å². The van der Waals surface area contributed by atoms with Crippen molar-refractivity contribution in [3.63, 3.8) is 0 Å². The van der Waals surface area contributed by atoms with Crippen LogP contribution in [0.5, 0.6) is 0 Å². The van der Waals surface area contributed by atoms with Crippen LogP contribution >= 0.6 is 0 Å². The zero-order valence-corrected chi connectivity index (χ0v) is 9.77. The van der Waals surface area contributed by atoms with Crippen molar-refractivity contribution in [2.24, 2.45) is 11.8 Å². The van der Waals surface area contributed by atoms with E-state index in [-0.39, 0.29) is 19.1 Å². The van der Waals surface area contributed by atoms with Gasteiger partial charge in [0.2, 0.25) is 5.91 Å². The molecule has 0 radical (unpaired) electrons. The molecule has 1 aliphatic carbocycles. The first-order chi connectivity index (χ1) is 8.06. The summed E-state index contributed by atoms with van der Waals surface area (Å²) < 4.78 is 4.66. The summed E-state index contributed by atoms with van der Waals surface area (Å²) in [6.07, 6.45) is 1.81. The van der Waals surface area contributed by atoms with Crippen LogP contribution in [0, 0.1) is 11.8 Å². The van der Waals surface area contributed by atoms with Gasteiger partial charge in [0.15, 0.2) is 0 Å². The lowest BCUT2D eigenvalue weighted by molar-refractivity contribution is -0.147. The number of carbonyl (C=O) groups excluding carboxylic acids is 2. The fourth-order valence-corrected chi connectivity index (χ4v) is 2.07. The first kappa shape index (κ1) is 13.5. The van der Waals surface area contributed by atoms with E-state index < -0.39 is 23.8 Å². The van der Waals surface area contributed by atoms with Crippen molar-refractivity contribution in [1.29, 1.82) is 0 Å². The standard InChI is InChI=1S/C11H17NO5/c1-2-17-9(13)6-12-10(14)7-4-3-5-8(7)11(15)16/h7-8H,2-6H2,1H3,(H,12,14)(H,15,16)/t7-,8+/m1/s1. The van der Waals surface area contributed by atoms with Gasteiger partial charge in [0.05, 0.1) is 18.4 Å². The number of rotatable bonds is 5. The molecule has 2 atom stereocenters. The predicted molar refractivity (Wildman–Crippen MR) is 58.1 cm³/mol. The summed E-state index contributed by atoms with van der Waals surface area (Å²) in [5, 5.41) is 11.3. The molecule has 0 heterocycles. The Bertz CT molecular complexity index is 315. The van der Waals surface area contributed by atoms with Crippen molar-refractivity contribution in [2.45, 2.75) is 26.2 Å². The highest BCUT2D eigenvalue weighted by atomic mass is 16.5. The number of carbonyl (C=O) groups is 3. The second-order valence-corrected chi connectivity index (χ2v) is 4.00. The molecule has 6 heteroatoms. The van der Waals surface area contributed by atoms with E-state index in [1.54, 1.807) is 6.92 Å². The summed E-state index contributed by atoms with van der Waals surface area (Å²) in [5.41, 5.74) is 0. The number of carboxylic acids is 1. The third-order valence-electron chi connectivity index (χ3n) is 2.88. The second kappa shape index (κ2) is 6.22. The van der Waals surface area contributed by atoms with Crippen molar-refractivity contribution in [2.75, 3.05) is 13.2 Å². The van der Waals surface area contributed by atoms with Gasteiger partial charge in [-0.25, -0.2) is 0 Å². The third-order valence-corrected chi connectivity index (χ3v) is 2.88. The van der Waals surface area contributed by atoms with Crippen molar-refractivity contribution in [3.8, 4) is 0 Å². The molecule has 0 saturated heterocycles. The van der Waals surface area contributed by atoms with E-state index in [4.69, 9.17) is 5.11 Å². The lowest BCUT2D eigenvalue weighted by atomic mass is 9.95. The van der Waals surface area contributed by atoms with Crippen LogP contribution in [-0.4, -0.2) is 36.1 Å². The van der Waals surface area contributed by atoms with Gasteiger partial charge in [-0.05, 0) is 19.8 Å². The van der Waals surface area contributed by atoms with Gasteiger partial charge < -0.3 is 15.2 Å². The largest absolute Gasteiger partial charge is 0.481 e. The fourth-order valence-electron chi connectivity index (χ4n) is 2.07. The van der Waals surface area contributed by atoms with Crippen molar-refractivity contribution in [3.05, 3.63) is 0 Å². The van der Waals surface area contributed by atoms with Crippen LogP contribution in [-0.2, 0) is 19.1 Å². The molecule has 0 unspecified atom stereocenters. The molecule has 0 aromatic rings. The Labute approximate surface area is 99.3 Å². The molecule has 1 amide bonds. The minimum absolute atomic E-state index is 0.199. The lowest BCUT2D eigenvalue weighted by Gasteiger charge is -2.14. The number of esters is 1. The van der Waals surface area contributed by atoms with Gasteiger partial charge in [-0.1, -0.05) is 6.42 Å². The monoisotopic (exact) mass is 243 g/mol. The molecule has 0 aliphatic heterocycles. The first-order valence-electron chi connectivity index (χ1n) is 5.72. The predicted octanol–water partition coefficient (Wildman–Crippen LogP) is 0.167. The maximum Gasteiger partial charge on any atom is 0.325 e. The Balaban J connectivity index is 2.42. The summed E-state index contributed by atoms with van der Waals surface area (Å²) >= 11 is 0. The van der Waals surface area contributed by atoms with Gasteiger partial charge >= 0.3 is 11.9 Å². The molecule has 0 spiro atoms. The number of nitrogens with one attached hydrogen (secondary N) is 1. The minimum Gasteiger partial charge on any atom is -0.481 e. The number of amides is 1. The molecule has 6 nitrogen and oxygen atoms in total. The van der Waals surface area contributed by atoms with E-state index >= 15 is 0 Å². The third kappa shape index (κ3) is 3.72. The summed E-state index contributed by atoms with van der Waals surface area (Å²) in [6.45, 7) is 1.74. The number of hydrogen-bond acceptors (Lipinski definition) is 4. The normalized spacial score (nSPS) is 23.1. The van der Waals surface area contributed by atoms with Gasteiger partial charge in [-0.3, -0.25) is 14.4 Å².